The van der Waals surface area contributed by atoms with Crippen molar-refractivity contribution in [1.82, 2.24) is 5.32 Å². The van der Waals surface area contributed by atoms with Crippen molar-refractivity contribution >= 4 is 15.9 Å². The average molecular weight is 318 g/mol. The first kappa shape index (κ1) is 15.4. The summed E-state index contributed by atoms with van der Waals surface area (Å²) in [4.78, 5) is 0. The fraction of sp³-hybridized carbons (Fsp3) is 0.538. The van der Waals surface area contributed by atoms with E-state index in [0.29, 0.717) is 12.6 Å². The Labute approximate surface area is 116 Å². The van der Waals surface area contributed by atoms with Crippen LogP contribution in [0.15, 0.2) is 22.7 Å². The molecular weight excluding hydrogens is 298 g/mol. The van der Waals surface area contributed by atoms with Gasteiger partial charge in [-0.2, -0.15) is 0 Å². The first-order valence-corrected chi connectivity index (χ1v) is 6.75. The van der Waals surface area contributed by atoms with Gasteiger partial charge in [-0.3, -0.25) is 0 Å². The van der Waals surface area contributed by atoms with Crippen LogP contribution in [0, 0.1) is 0 Å². The Bertz CT molecular complexity index is 371. The zero-order valence-electron chi connectivity index (χ0n) is 10.7. The summed E-state index contributed by atoms with van der Waals surface area (Å²) in [7, 11) is 0. The predicted octanol–water partition coefficient (Wildman–Crippen LogP) is 1.68. The molecule has 18 heavy (non-hydrogen) atoms. The van der Waals surface area contributed by atoms with Crippen molar-refractivity contribution in [2.75, 3.05) is 13.2 Å². The van der Waals surface area contributed by atoms with Crippen LogP contribution in [-0.4, -0.2) is 35.6 Å². The monoisotopic (exact) mass is 317 g/mol. The highest BCUT2D eigenvalue weighted by atomic mass is 79.9. The van der Waals surface area contributed by atoms with Crippen LogP contribution in [0.5, 0.6) is 5.75 Å². The van der Waals surface area contributed by atoms with Crippen LogP contribution in [-0.2, 0) is 6.54 Å². The van der Waals surface area contributed by atoms with Crippen molar-refractivity contribution in [2.24, 2.45) is 0 Å². The number of aliphatic hydroxyl groups is 2. The Balaban J connectivity index is 2.69. The van der Waals surface area contributed by atoms with E-state index in [9.17, 15) is 5.11 Å². The molecule has 1 aromatic rings. The van der Waals surface area contributed by atoms with Crippen LogP contribution in [0.2, 0.25) is 0 Å². The molecule has 0 bridgehead atoms. The van der Waals surface area contributed by atoms with Crippen molar-refractivity contribution in [3.05, 3.63) is 28.2 Å². The molecule has 0 aliphatic heterocycles. The van der Waals surface area contributed by atoms with E-state index in [2.05, 4.69) is 35.1 Å². The Morgan fingerprint density at radius 2 is 2.11 bits per heavy atom. The zero-order valence-corrected chi connectivity index (χ0v) is 12.3. The molecule has 0 radical (unpaired) electrons. The lowest BCUT2D eigenvalue weighted by molar-refractivity contribution is 0.0532. The second kappa shape index (κ2) is 7.74. The first-order chi connectivity index (χ1) is 8.52. The van der Waals surface area contributed by atoms with Gasteiger partial charge in [-0.25, -0.2) is 0 Å². The van der Waals surface area contributed by atoms with Crippen LogP contribution in [0.3, 0.4) is 0 Å². The van der Waals surface area contributed by atoms with Gasteiger partial charge >= 0.3 is 0 Å². The largest absolute Gasteiger partial charge is 0.490 e. The van der Waals surface area contributed by atoms with Crippen LogP contribution in [0.25, 0.3) is 0 Å². The smallest absolute Gasteiger partial charge is 0.124 e. The maximum atomic E-state index is 9.28. The van der Waals surface area contributed by atoms with Crippen LogP contribution < -0.4 is 10.1 Å². The van der Waals surface area contributed by atoms with Gasteiger partial charge in [0.2, 0.25) is 0 Å². The maximum absolute atomic E-state index is 9.28. The lowest BCUT2D eigenvalue weighted by Crippen LogP contribution is -2.24. The Kier molecular flexibility index (Phi) is 6.63. The molecule has 0 fully saturated rings. The van der Waals surface area contributed by atoms with Crippen molar-refractivity contribution in [1.29, 1.82) is 0 Å². The molecule has 0 spiro atoms. The number of ether oxygens (including phenoxy) is 1. The molecule has 0 saturated heterocycles. The Morgan fingerprint density at radius 1 is 1.39 bits per heavy atom. The van der Waals surface area contributed by atoms with Gasteiger partial charge in [0.1, 0.15) is 18.5 Å². The van der Waals surface area contributed by atoms with Gasteiger partial charge in [0.25, 0.3) is 0 Å². The number of benzene rings is 1. The quantitative estimate of drug-likeness (QED) is 0.716. The minimum absolute atomic E-state index is 0.0901. The summed E-state index contributed by atoms with van der Waals surface area (Å²) in [5.74, 6) is 0.721. The second-order valence-electron chi connectivity index (χ2n) is 4.44. The van der Waals surface area contributed by atoms with Crippen molar-refractivity contribution in [3.63, 3.8) is 0 Å². The molecule has 0 aliphatic carbocycles. The van der Waals surface area contributed by atoms with Crippen LogP contribution in [0.1, 0.15) is 19.4 Å². The summed E-state index contributed by atoms with van der Waals surface area (Å²) < 4.78 is 6.49. The van der Waals surface area contributed by atoms with Gasteiger partial charge in [-0.1, -0.05) is 29.8 Å². The Hall–Kier alpha value is -0.620. The second-order valence-corrected chi connectivity index (χ2v) is 5.35. The molecule has 0 aliphatic rings. The van der Waals surface area contributed by atoms with E-state index >= 15 is 0 Å². The molecule has 1 atom stereocenters. The van der Waals surface area contributed by atoms with E-state index in [0.717, 1.165) is 15.8 Å². The van der Waals surface area contributed by atoms with E-state index < -0.39 is 6.10 Å². The number of halogens is 1. The summed E-state index contributed by atoms with van der Waals surface area (Å²) >= 11 is 3.42. The fourth-order valence-electron chi connectivity index (χ4n) is 1.38. The summed E-state index contributed by atoms with van der Waals surface area (Å²) in [5, 5.41) is 21.4. The molecule has 4 nitrogen and oxygen atoms in total. The number of hydrogen-bond donors (Lipinski definition) is 3. The summed E-state index contributed by atoms with van der Waals surface area (Å²) in [6, 6.07) is 6.11. The molecule has 102 valence electrons. The van der Waals surface area contributed by atoms with Crippen molar-refractivity contribution < 1.29 is 14.9 Å². The molecule has 0 heterocycles. The SMILES string of the molecule is CC(C)NCc1cc(Br)ccc1OCC(O)CO. The summed E-state index contributed by atoms with van der Waals surface area (Å²) in [5.41, 5.74) is 1.02. The number of aliphatic hydroxyl groups excluding tert-OH is 2. The zero-order chi connectivity index (χ0) is 13.5. The van der Waals surface area contributed by atoms with Crippen LogP contribution in [0.4, 0.5) is 0 Å². The van der Waals surface area contributed by atoms with Gasteiger partial charge < -0.3 is 20.3 Å². The molecule has 1 unspecified atom stereocenters. The molecule has 0 saturated carbocycles. The van der Waals surface area contributed by atoms with Gasteiger partial charge in [0.15, 0.2) is 0 Å². The third kappa shape index (κ3) is 5.35. The van der Waals surface area contributed by atoms with Crippen LogP contribution >= 0.6 is 15.9 Å². The number of rotatable bonds is 7. The van der Waals surface area contributed by atoms with E-state index in [1.54, 1.807) is 0 Å². The highest BCUT2D eigenvalue weighted by Gasteiger charge is 2.08. The topological polar surface area (TPSA) is 61.7 Å². The fourth-order valence-corrected chi connectivity index (χ4v) is 1.79. The molecule has 0 aromatic heterocycles. The first-order valence-electron chi connectivity index (χ1n) is 5.96. The minimum atomic E-state index is -0.848. The lowest BCUT2D eigenvalue weighted by atomic mass is 10.2. The number of hydrogen-bond acceptors (Lipinski definition) is 4. The van der Waals surface area contributed by atoms with Gasteiger partial charge in [-0.05, 0) is 18.2 Å². The molecule has 1 rings (SSSR count). The molecule has 3 N–H and O–H groups in total. The normalized spacial score (nSPS) is 12.8. The van der Waals surface area contributed by atoms with E-state index in [4.69, 9.17) is 9.84 Å². The third-order valence-corrected chi connectivity index (χ3v) is 2.86. The number of nitrogens with one attached hydrogen (secondary N) is 1. The van der Waals surface area contributed by atoms with E-state index in [1.165, 1.54) is 0 Å². The van der Waals surface area contributed by atoms with Gasteiger partial charge in [0, 0.05) is 22.6 Å². The average Bonchev–Trinajstić information content (AvgIpc) is 2.34. The maximum Gasteiger partial charge on any atom is 0.124 e. The standard InChI is InChI=1S/C13H20BrNO3/c1-9(2)15-6-10-5-11(14)3-4-13(10)18-8-12(17)7-16/h3-5,9,12,15-17H,6-8H2,1-2H3. The minimum Gasteiger partial charge on any atom is -0.490 e. The molecular formula is C13H20BrNO3. The highest BCUT2D eigenvalue weighted by Crippen LogP contribution is 2.23. The van der Waals surface area contributed by atoms with Gasteiger partial charge in [-0.15, -0.1) is 0 Å². The summed E-state index contributed by atoms with van der Waals surface area (Å²) in [6.45, 7) is 4.65. The van der Waals surface area contributed by atoms with E-state index in [1.807, 2.05) is 18.2 Å². The predicted molar refractivity (Wildman–Crippen MR) is 74.7 cm³/mol. The van der Waals surface area contributed by atoms with Gasteiger partial charge in [0.05, 0.1) is 6.61 Å². The van der Waals surface area contributed by atoms with Crippen molar-refractivity contribution in [2.45, 2.75) is 32.5 Å². The lowest BCUT2D eigenvalue weighted by Gasteiger charge is -2.15. The molecule has 0 amide bonds. The molecule has 1 aromatic carbocycles. The third-order valence-electron chi connectivity index (χ3n) is 2.37. The van der Waals surface area contributed by atoms with Crippen molar-refractivity contribution in [3.8, 4) is 5.75 Å². The highest BCUT2D eigenvalue weighted by molar-refractivity contribution is 9.10. The Morgan fingerprint density at radius 3 is 2.72 bits per heavy atom. The summed E-state index contributed by atoms with van der Waals surface area (Å²) in [6.07, 6.45) is -0.848. The van der Waals surface area contributed by atoms with E-state index in [-0.39, 0.29) is 13.2 Å². The molecule has 5 heteroatoms.